The summed E-state index contributed by atoms with van der Waals surface area (Å²) in [5, 5.41) is 0. The molecule has 2 rings (SSSR count). The molecule has 1 amide bonds. The third-order valence-electron chi connectivity index (χ3n) is 4.58. The Morgan fingerprint density at radius 3 is 2.68 bits per heavy atom. The number of nitrogens with zero attached hydrogens (tertiary/aromatic N) is 2. The number of ether oxygens (including phenoxy) is 1. The van der Waals surface area contributed by atoms with Crippen molar-refractivity contribution in [2.24, 2.45) is 11.7 Å². The van der Waals surface area contributed by atoms with Gasteiger partial charge in [-0.15, -0.1) is 0 Å². The highest BCUT2D eigenvalue weighted by atomic mass is 16.5. The van der Waals surface area contributed by atoms with Crippen LogP contribution in [0.4, 0.5) is 0 Å². The Morgan fingerprint density at radius 2 is 2.05 bits per heavy atom. The summed E-state index contributed by atoms with van der Waals surface area (Å²) in [5.41, 5.74) is 6.13. The second kappa shape index (κ2) is 6.68. The van der Waals surface area contributed by atoms with Crippen molar-refractivity contribution in [2.45, 2.75) is 38.8 Å². The molecule has 2 aliphatic rings. The lowest BCUT2D eigenvalue weighted by atomic mass is 9.90. The van der Waals surface area contributed by atoms with E-state index in [9.17, 15) is 4.79 Å². The molecule has 2 saturated heterocycles. The van der Waals surface area contributed by atoms with Crippen LogP contribution in [0.1, 0.15) is 26.7 Å². The summed E-state index contributed by atoms with van der Waals surface area (Å²) < 4.78 is 5.30. The Bertz CT molecular complexity index is 305. The molecule has 19 heavy (non-hydrogen) atoms. The highest BCUT2D eigenvalue weighted by Crippen LogP contribution is 2.21. The number of carbonyl (C=O) groups is 1. The van der Waals surface area contributed by atoms with Gasteiger partial charge in [-0.05, 0) is 19.3 Å². The monoisotopic (exact) mass is 269 g/mol. The van der Waals surface area contributed by atoms with E-state index in [1.54, 1.807) is 0 Å². The highest BCUT2D eigenvalue weighted by Gasteiger charge is 2.32. The van der Waals surface area contributed by atoms with Crippen LogP contribution in [0.25, 0.3) is 0 Å². The molecule has 0 aromatic heterocycles. The molecule has 110 valence electrons. The maximum atomic E-state index is 12.5. The molecule has 5 nitrogen and oxygen atoms in total. The van der Waals surface area contributed by atoms with Crippen LogP contribution in [-0.2, 0) is 9.53 Å². The number of hydrogen-bond donors (Lipinski definition) is 1. The summed E-state index contributed by atoms with van der Waals surface area (Å²) in [6.45, 7) is 8.90. The first kappa shape index (κ1) is 14.8. The lowest BCUT2D eigenvalue weighted by Gasteiger charge is -2.41. The van der Waals surface area contributed by atoms with Gasteiger partial charge in [0.1, 0.15) is 0 Å². The van der Waals surface area contributed by atoms with Crippen molar-refractivity contribution in [1.29, 1.82) is 0 Å². The second-order valence-electron chi connectivity index (χ2n) is 5.73. The lowest BCUT2D eigenvalue weighted by Crippen LogP contribution is -2.55. The van der Waals surface area contributed by atoms with Gasteiger partial charge >= 0.3 is 0 Å². The topological polar surface area (TPSA) is 58.8 Å². The maximum Gasteiger partial charge on any atom is 0.239 e. The summed E-state index contributed by atoms with van der Waals surface area (Å²) in [5.74, 6) is 0.766. The molecule has 3 unspecified atom stereocenters. The predicted molar refractivity (Wildman–Crippen MR) is 74.8 cm³/mol. The zero-order valence-electron chi connectivity index (χ0n) is 12.2. The summed E-state index contributed by atoms with van der Waals surface area (Å²) in [6.07, 6.45) is 2.09. The molecule has 0 aromatic carbocycles. The first-order valence-corrected chi connectivity index (χ1v) is 7.49. The third-order valence-corrected chi connectivity index (χ3v) is 4.58. The SMILES string of the molecule is CCC1CN(C(C)C(=O)N2CCOCC2)CCC1N. The van der Waals surface area contributed by atoms with Gasteiger partial charge in [0.25, 0.3) is 0 Å². The van der Waals surface area contributed by atoms with Gasteiger partial charge in [0.15, 0.2) is 0 Å². The van der Waals surface area contributed by atoms with Gasteiger partial charge in [0.2, 0.25) is 5.91 Å². The molecule has 0 spiro atoms. The number of hydrogen-bond acceptors (Lipinski definition) is 4. The number of amides is 1. The van der Waals surface area contributed by atoms with Gasteiger partial charge in [-0.25, -0.2) is 0 Å². The second-order valence-corrected chi connectivity index (χ2v) is 5.73. The van der Waals surface area contributed by atoms with Gasteiger partial charge in [-0.2, -0.15) is 0 Å². The molecule has 2 fully saturated rings. The minimum Gasteiger partial charge on any atom is -0.378 e. The van der Waals surface area contributed by atoms with Crippen LogP contribution in [0.3, 0.4) is 0 Å². The normalized spacial score (nSPS) is 31.2. The summed E-state index contributed by atoms with van der Waals surface area (Å²) >= 11 is 0. The summed E-state index contributed by atoms with van der Waals surface area (Å²) in [7, 11) is 0. The van der Waals surface area contributed by atoms with Crippen LogP contribution in [0.15, 0.2) is 0 Å². The van der Waals surface area contributed by atoms with Crippen LogP contribution < -0.4 is 5.73 Å². The van der Waals surface area contributed by atoms with E-state index >= 15 is 0 Å². The zero-order chi connectivity index (χ0) is 13.8. The van der Waals surface area contributed by atoms with Crippen molar-refractivity contribution in [3.05, 3.63) is 0 Å². The Morgan fingerprint density at radius 1 is 1.37 bits per heavy atom. The van der Waals surface area contributed by atoms with E-state index < -0.39 is 0 Å². The first-order valence-electron chi connectivity index (χ1n) is 7.49. The van der Waals surface area contributed by atoms with Gasteiger partial charge in [0.05, 0.1) is 19.3 Å². The van der Waals surface area contributed by atoms with E-state index in [1.807, 2.05) is 11.8 Å². The fraction of sp³-hybridized carbons (Fsp3) is 0.929. The number of carbonyl (C=O) groups excluding carboxylic acids is 1. The van der Waals surface area contributed by atoms with Crippen LogP contribution in [0.2, 0.25) is 0 Å². The molecule has 0 aliphatic carbocycles. The average molecular weight is 269 g/mol. The van der Waals surface area contributed by atoms with Crippen molar-refractivity contribution in [3.8, 4) is 0 Å². The summed E-state index contributed by atoms with van der Waals surface area (Å²) in [6, 6.07) is 0.270. The van der Waals surface area contributed by atoms with Crippen LogP contribution in [-0.4, -0.2) is 67.2 Å². The quantitative estimate of drug-likeness (QED) is 0.800. The summed E-state index contributed by atoms with van der Waals surface area (Å²) in [4.78, 5) is 16.7. The van der Waals surface area contributed by atoms with Gasteiger partial charge in [0, 0.05) is 32.2 Å². The van der Waals surface area contributed by atoms with E-state index in [4.69, 9.17) is 10.5 Å². The fourth-order valence-electron chi connectivity index (χ4n) is 3.07. The van der Waals surface area contributed by atoms with Crippen molar-refractivity contribution in [3.63, 3.8) is 0 Å². The van der Waals surface area contributed by atoms with Crippen molar-refractivity contribution in [1.82, 2.24) is 9.80 Å². The molecular formula is C14H27N3O2. The first-order chi connectivity index (χ1) is 9.13. The average Bonchev–Trinajstić information content (AvgIpc) is 2.47. The van der Waals surface area contributed by atoms with Crippen molar-refractivity contribution < 1.29 is 9.53 Å². The minimum absolute atomic E-state index is 0.0281. The molecule has 2 heterocycles. The molecule has 0 bridgehead atoms. The molecule has 5 heteroatoms. The molecule has 2 aliphatic heterocycles. The number of nitrogens with two attached hydrogens (primary N) is 1. The largest absolute Gasteiger partial charge is 0.378 e. The Hall–Kier alpha value is -0.650. The predicted octanol–water partition coefficient (Wildman–Crippen LogP) is 0.293. The number of rotatable bonds is 3. The third kappa shape index (κ3) is 3.46. The maximum absolute atomic E-state index is 12.5. The lowest BCUT2D eigenvalue weighted by molar-refractivity contribution is -0.141. The fourth-order valence-corrected chi connectivity index (χ4v) is 3.07. The molecule has 2 N–H and O–H groups in total. The highest BCUT2D eigenvalue weighted by molar-refractivity contribution is 5.81. The van der Waals surface area contributed by atoms with E-state index in [1.165, 1.54) is 0 Å². The van der Waals surface area contributed by atoms with E-state index in [0.29, 0.717) is 25.2 Å². The van der Waals surface area contributed by atoms with Crippen molar-refractivity contribution >= 4 is 5.91 Å². The Labute approximate surface area is 116 Å². The van der Waals surface area contributed by atoms with Gasteiger partial charge in [-0.1, -0.05) is 13.3 Å². The van der Waals surface area contributed by atoms with Gasteiger partial charge < -0.3 is 15.4 Å². The molecule has 0 aromatic rings. The number of piperidine rings is 1. The Kier molecular flexibility index (Phi) is 5.19. The smallest absolute Gasteiger partial charge is 0.239 e. The standard InChI is InChI=1S/C14H27N3O2/c1-3-12-10-17(5-4-13(12)15)11(2)14(18)16-6-8-19-9-7-16/h11-13H,3-10,15H2,1-2H3. The van der Waals surface area contributed by atoms with Crippen LogP contribution in [0.5, 0.6) is 0 Å². The molecule has 0 radical (unpaired) electrons. The van der Waals surface area contributed by atoms with E-state index in [-0.39, 0.29) is 11.9 Å². The number of likely N-dealkylation sites (tertiary alicyclic amines) is 1. The van der Waals surface area contributed by atoms with Crippen molar-refractivity contribution in [2.75, 3.05) is 39.4 Å². The minimum atomic E-state index is -0.0281. The van der Waals surface area contributed by atoms with E-state index in [2.05, 4.69) is 11.8 Å². The van der Waals surface area contributed by atoms with E-state index in [0.717, 1.165) is 39.0 Å². The number of morpholine rings is 1. The zero-order valence-corrected chi connectivity index (χ0v) is 12.2. The molecular weight excluding hydrogens is 242 g/mol. The molecule has 0 saturated carbocycles. The van der Waals surface area contributed by atoms with Gasteiger partial charge in [-0.3, -0.25) is 9.69 Å². The van der Waals surface area contributed by atoms with Crippen LogP contribution in [0, 0.1) is 5.92 Å². The van der Waals surface area contributed by atoms with Crippen LogP contribution >= 0.6 is 0 Å². The Balaban J connectivity index is 1.91. The molecule has 3 atom stereocenters.